The molecule has 150 valence electrons. The average molecular weight is 508 g/mol. The molecule has 26 heavy (non-hydrogen) atoms. The van der Waals surface area contributed by atoms with Gasteiger partial charge in [0.1, 0.15) is 18.7 Å². The van der Waals surface area contributed by atoms with Gasteiger partial charge in [-0.25, -0.2) is 4.99 Å². The zero-order valence-electron chi connectivity index (χ0n) is 14.8. The number of halogens is 4. The Labute approximate surface area is 171 Å². The summed E-state index contributed by atoms with van der Waals surface area (Å²) in [6, 6.07) is 1.80. The summed E-state index contributed by atoms with van der Waals surface area (Å²) in [5.74, 6) is -0.508. The Morgan fingerprint density at radius 2 is 2.04 bits per heavy atom. The first-order valence-electron chi connectivity index (χ1n) is 7.63. The highest BCUT2D eigenvalue weighted by molar-refractivity contribution is 14.0. The topological polar surface area (TPSA) is 77.0 Å². The molecule has 1 heterocycles. The SMILES string of the molecule is CCNC(=NCC(=O)N(C)CC(F)(F)F)NCC(C)(O)c1ccsc1.I. The molecule has 0 aliphatic carbocycles. The van der Waals surface area contributed by atoms with E-state index < -0.39 is 30.8 Å². The van der Waals surface area contributed by atoms with Crippen LogP contribution in [0.25, 0.3) is 0 Å². The minimum Gasteiger partial charge on any atom is -0.384 e. The van der Waals surface area contributed by atoms with Crippen LogP contribution in [0.15, 0.2) is 21.8 Å². The predicted octanol–water partition coefficient (Wildman–Crippen LogP) is 2.15. The second-order valence-corrected chi connectivity index (χ2v) is 6.48. The van der Waals surface area contributed by atoms with Crippen LogP contribution in [0.5, 0.6) is 0 Å². The molecule has 0 radical (unpaired) electrons. The van der Waals surface area contributed by atoms with Crippen molar-refractivity contribution in [3.8, 4) is 0 Å². The van der Waals surface area contributed by atoms with Gasteiger partial charge in [0.05, 0.1) is 6.54 Å². The Morgan fingerprint density at radius 1 is 1.38 bits per heavy atom. The molecule has 0 bridgehead atoms. The maximum absolute atomic E-state index is 12.3. The standard InChI is InChI=1S/C15H23F3N4O2S.HI/c1-4-19-13(20-7-12(23)22(3)10-15(16,17)18)21-9-14(2,24)11-5-6-25-8-11;/h5-6,8,24H,4,7,9-10H2,1-3H3,(H2,19,20,21);1H. The van der Waals surface area contributed by atoms with Crippen molar-refractivity contribution in [3.05, 3.63) is 22.4 Å². The number of nitrogens with one attached hydrogen (secondary N) is 2. The molecule has 0 saturated heterocycles. The van der Waals surface area contributed by atoms with Crippen molar-refractivity contribution in [1.29, 1.82) is 0 Å². The average Bonchev–Trinajstić information content (AvgIpc) is 3.03. The van der Waals surface area contributed by atoms with Crippen LogP contribution in [0, 0.1) is 0 Å². The molecule has 3 N–H and O–H groups in total. The first-order chi connectivity index (χ1) is 11.5. The third-order valence-electron chi connectivity index (χ3n) is 3.30. The van der Waals surface area contributed by atoms with Gasteiger partial charge in [-0.15, -0.1) is 24.0 Å². The van der Waals surface area contributed by atoms with E-state index >= 15 is 0 Å². The Balaban J connectivity index is 0.00000625. The van der Waals surface area contributed by atoms with Crippen molar-refractivity contribution in [2.75, 3.05) is 33.2 Å². The first kappa shape index (κ1) is 24.9. The van der Waals surface area contributed by atoms with Crippen LogP contribution in [-0.4, -0.2) is 61.3 Å². The lowest BCUT2D eigenvalue weighted by atomic mass is 9.99. The van der Waals surface area contributed by atoms with E-state index in [0.29, 0.717) is 11.4 Å². The van der Waals surface area contributed by atoms with Crippen molar-refractivity contribution >= 4 is 47.2 Å². The van der Waals surface area contributed by atoms with Crippen molar-refractivity contribution in [1.82, 2.24) is 15.5 Å². The molecule has 1 amide bonds. The molecule has 0 aromatic carbocycles. The number of rotatable bonds is 7. The lowest BCUT2D eigenvalue weighted by Gasteiger charge is -2.24. The van der Waals surface area contributed by atoms with E-state index in [4.69, 9.17) is 0 Å². The number of hydrogen-bond donors (Lipinski definition) is 3. The number of aliphatic imine (C=N–C) groups is 1. The summed E-state index contributed by atoms with van der Waals surface area (Å²) < 4.78 is 36.9. The quantitative estimate of drug-likeness (QED) is 0.300. The number of carbonyl (C=O) groups is 1. The van der Waals surface area contributed by atoms with Crippen LogP contribution in [-0.2, 0) is 10.4 Å². The maximum Gasteiger partial charge on any atom is 0.406 e. The van der Waals surface area contributed by atoms with Crippen molar-refractivity contribution in [3.63, 3.8) is 0 Å². The van der Waals surface area contributed by atoms with Crippen LogP contribution < -0.4 is 10.6 Å². The fraction of sp³-hybridized carbons (Fsp3) is 0.600. The number of alkyl halides is 3. The fourth-order valence-electron chi connectivity index (χ4n) is 1.90. The Hall–Kier alpha value is -1.08. The Kier molecular flexibility index (Phi) is 10.5. The third kappa shape index (κ3) is 9.03. The summed E-state index contributed by atoms with van der Waals surface area (Å²) in [5, 5.41) is 19.9. The molecule has 1 aromatic heterocycles. The summed E-state index contributed by atoms with van der Waals surface area (Å²) >= 11 is 1.46. The monoisotopic (exact) mass is 508 g/mol. The van der Waals surface area contributed by atoms with Crippen molar-refractivity contribution in [2.45, 2.75) is 25.6 Å². The number of hydrogen-bond acceptors (Lipinski definition) is 4. The van der Waals surface area contributed by atoms with Crippen molar-refractivity contribution in [2.24, 2.45) is 4.99 Å². The lowest BCUT2D eigenvalue weighted by Crippen LogP contribution is -2.45. The lowest BCUT2D eigenvalue weighted by molar-refractivity contribution is -0.157. The molecule has 11 heteroatoms. The van der Waals surface area contributed by atoms with Gasteiger partial charge in [-0.1, -0.05) is 0 Å². The molecule has 0 aliphatic rings. The molecular formula is C15H24F3IN4O2S. The fourth-order valence-corrected chi connectivity index (χ4v) is 2.68. The smallest absolute Gasteiger partial charge is 0.384 e. The Morgan fingerprint density at radius 3 is 2.54 bits per heavy atom. The van der Waals surface area contributed by atoms with Gasteiger partial charge in [0, 0.05) is 13.6 Å². The van der Waals surface area contributed by atoms with Crippen LogP contribution in [0.2, 0.25) is 0 Å². The van der Waals surface area contributed by atoms with E-state index in [1.54, 1.807) is 13.0 Å². The summed E-state index contributed by atoms with van der Waals surface area (Å²) in [6.07, 6.45) is -4.45. The highest BCUT2D eigenvalue weighted by Gasteiger charge is 2.31. The molecule has 1 rings (SSSR count). The predicted molar refractivity (Wildman–Crippen MR) is 107 cm³/mol. The maximum atomic E-state index is 12.3. The molecule has 0 saturated carbocycles. The normalized spacial score (nSPS) is 14.2. The van der Waals surface area contributed by atoms with Crippen LogP contribution in [0.3, 0.4) is 0 Å². The molecule has 1 atom stereocenters. The van der Waals surface area contributed by atoms with Gasteiger partial charge >= 0.3 is 6.18 Å². The summed E-state index contributed by atoms with van der Waals surface area (Å²) in [7, 11) is 1.08. The zero-order chi connectivity index (χ0) is 19.1. The molecule has 6 nitrogen and oxygen atoms in total. The third-order valence-corrected chi connectivity index (χ3v) is 3.99. The number of aliphatic hydroxyl groups is 1. The van der Waals surface area contributed by atoms with Crippen molar-refractivity contribution < 1.29 is 23.1 Å². The van der Waals surface area contributed by atoms with E-state index in [-0.39, 0.29) is 36.5 Å². The van der Waals surface area contributed by atoms with E-state index in [0.717, 1.165) is 12.6 Å². The van der Waals surface area contributed by atoms with Gasteiger partial charge in [-0.05, 0) is 36.2 Å². The highest BCUT2D eigenvalue weighted by Crippen LogP contribution is 2.21. The Bertz CT molecular complexity index is 580. The summed E-state index contributed by atoms with van der Waals surface area (Å²) in [5.41, 5.74) is -0.408. The van der Waals surface area contributed by atoms with Gasteiger partial charge in [-0.2, -0.15) is 24.5 Å². The largest absolute Gasteiger partial charge is 0.406 e. The number of likely N-dealkylation sites (N-methyl/N-ethyl adjacent to an activating group) is 1. The number of carbonyl (C=O) groups excluding carboxylic acids is 1. The van der Waals surface area contributed by atoms with Crippen LogP contribution in [0.1, 0.15) is 19.4 Å². The molecule has 1 unspecified atom stereocenters. The number of amides is 1. The van der Waals surface area contributed by atoms with E-state index in [1.807, 2.05) is 17.7 Å². The van der Waals surface area contributed by atoms with Gasteiger partial charge in [0.2, 0.25) is 5.91 Å². The minimum absolute atomic E-state index is 0. The zero-order valence-corrected chi connectivity index (χ0v) is 17.9. The molecule has 0 aliphatic heterocycles. The second-order valence-electron chi connectivity index (χ2n) is 5.70. The minimum atomic E-state index is -4.45. The van der Waals surface area contributed by atoms with E-state index in [9.17, 15) is 23.1 Å². The van der Waals surface area contributed by atoms with Crippen LogP contribution in [0.4, 0.5) is 13.2 Å². The van der Waals surface area contributed by atoms with E-state index in [1.165, 1.54) is 11.3 Å². The van der Waals surface area contributed by atoms with Gasteiger partial charge in [-0.3, -0.25) is 4.79 Å². The molecule has 1 aromatic rings. The van der Waals surface area contributed by atoms with Gasteiger partial charge < -0.3 is 20.6 Å². The second kappa shape index (κ2) is 10.9. The number of guanidine groups is 1. The highest BCUT2D eigenvalue weighted by atomic mass is 127. The number of nitrogens with zero attached hydrogens (tertiary/aromatic N) is 2. The van der Waals surface area contributed by atoms with Gasteiger partial charge in [0.15, 0.2) is 5.96 Å². The molecular weight excluding hydrogens is 484 g/mol. The first-order valence-corrected chi connectivity index (χ1v) is 8.57. The van der Waals surface area contributed by atoms with Crippen LogP contribution >= 0.6 is 35.3 Å². The summed E-state index contributed by atoms with van der Waals surface area (Å²) in [6.45, 7) is 2.32. The number of thiophene rings is 1. The van der Waals surface area contributed by atoms with E-state index in [2.05, 4.69) is 15.6 Å². The van der Waals surface area contributed by atoms with Gasteiger partial charge in [0.25, 0.3) is 0 Å². The molecule has 0 fully saturated rings. The summed E-state index contributed by atoms with van der Waals surface area (Å²) in [4.78, 5) is 16.3. The molecule has 0 spiro atoms.